The highest BCUT2D eigenvalue weighted by molar-refractivity contribution is 5.83. The van der Waals surface area contributed by atoms with Crippen molar-refractivity contribution >= 4 is 11.8 Å². The van der Waals surface area contributed by atoms with Gasteiger partial charge in [-0.2, -0.15) is 0 Å². The molecule has 22 heavy (non-hydrogen) atoms. The van der Waals surface area contributed by atoms with Gasteiger partial charge in [-0.1, -0.05) is 26.8 Å². The third kappa shape index (κ3) is 2.63. The Kier molecular flexibility index (Phi) is 4.31. The van der Waals surface area contributed by atoms with Gasteiger partial charge in [-0.05, 0) is 61.7 Å². The number of ketones is 1. The normalized spacial score (nSPS) is 44.9. The lowest BCUT2D eigenvalue weighted by Crippen LogP contribution is -2.55. The minimum absolute atomic E-state index is 0.0560. The predicted molar refractivity (Wildman–Crippen MR) is 87.5 cm³/mol. The van der Waals surface area contributed by atoms with E-state index in [-0.39, 0.29) is 29.0 Å². The molecule has 0 heterocycles. The molecule has 0 aliphatic heterocycles. The predicted octanol–water partition coefficient (Wildman–Crippen LogP) is 4.47. The van der Waals surface area contributed by atoms with Gasteiger partial charge in [0.1, 0.15) is 5.78 Å². The third-order valence-electron chi connectivity index (χ3n) is 7.13. The van der Waals surface area contributed by atoms with E-state index in [1.165, 1.54) is 0 Å². The summed E-state index contributed by atoms with van der Waals surface area (Å²) in [6.45, 7) is 12.1. The number of carbonyl (C=O) groups excluding carboxylic acids is 1. The van der Waals surface area contributed by atoms with Gasteiger partial charge in [0.05, 0.1) is 0 Å². The summed E-state index contributed by atoms with van der Waals surface area (Å²) < 4.78 is 0. The second-order valence-electron chi connectivity index (χ2n) is 8.43. The number of aliphatic carboxylic acids is 1. The van der Waals surface area contributed by atoms with E-state index in [1.807, 2.05) is 6.92 Å². The van der Waals surface area contributed by atoms with Gasteiger partial charge in [0.25, 0.3) is 0 Å². The molecule has 2 saturated carbocycles. The van der Waals surface area contributed by atoms with Crippen molar-refractivity contribution in [2.24, 2.45) is 28.1 Å². The second-order valence-corrected chi connectivity index (χ2v) is 8.43. The molecule has 124 valence electrons. The van der Waals surface area contributed by atoms with Crippen LogP contribution in [0.2, 0.25) is 0 Å². The van der Waals surface area contributed by atoms with E-state index in [9.17, 15) is 14.7 Å². The Bertz CT molecular complexity index is 497. The fraction of sp³-hybridized carbons (Fsp3) is 0.789. The molecule has 0 unspecified atom stereocenters. The Hall–Kier alpha value is -1.12. The van der Waals surface area contributed by atoms with Crippen LogP contribution in [0.1, 0.15) is 66.2 Å². The highest BCUT2D eigenvalue weighted by Crippen LogP contribution is 2.63. The summed E-state index contributed by atoms with van der Waals surface area (Å²) in [6.07, 6.45) is 7.09. The number of allylic oxidation sites excluding steroid dienone is 1. The number of hydrogen-bond donors (Lipinski definition) is 1. The summed E-state index contributed by atoms with van der Waals surface area (Å²) in [5, 5.41) is 9.41. The summed E-state index contributed by atoms with van der Waals surface area (Å²) in [7, 11) is 0. The van der Waals surface area contributed by atoms with Gasteiger partial charge in [-0.25, -0.2) is 0 Å². The van der Waals surface area contributed by atoms with Gasteiger partial charge in [-0.3, -0.25) is 9.59 Å². The van der Waals surface area contributed by atoms with Crippen LogP contribution >= 0.6 is 0 Å². The van der Waals surface area contributed by atoms with E-state index in [0.29, 0.717) is 5.92 Å². The first-order chi connectivity index (χ1) is 10.1. The number of Topliss-reactive ketones (excluding diaryl/α,β-unsaturated/α-hetero) is 1. The Balaban J connectivity index is 2.40. The number of fused-ring (bicyclic) bond motifs is 1. The van der Waals surface area contributed by atoms with E-state index in [1.54, 1.807) is 6.92 Å². The number of hydrogen-bond acceptors (Lipinski definition) is 2. The van der Waals surface area contributed by atoms with Crippen LogP contribution in [0.4, 0.5) is 0 Å². The van der Waals surface area contributed by atoms with Crippen LogP contribution in [0.3, 0.4) is 0 Å². The fourth-order valence-corrected chi connectivity index (χ4v) is 5.16. The van der Waals surface area contributed by atoms with Gasteiger partial charge in [0.15, 0.2) is 0 Å². The Morgan fingerprint density at radius 1 is 1.23 bits per heavy atom. The van der Waals surface area contributed by atoms with E-state index in [2.05, 4.69) is 26.5 Å². The topological polar surface area (TPSA) is 54.4 Å². The van der Waals surface area contributed by atoms with E-state index in [4.69, 9.17) is 0 Å². The molecule has 0 aromatic rings. The van der Waals surface area contributed by atoms with Crippen molar-refractivity contribution < 1.29 is 14.7 Å². The van der Waals surface area contributed by atoms with E-state index >= 15 is 0 Å². The minimum Gasteiger partial charge on any atom is -0.481 e. The van der Waals surface area contributed by atoms with Crippen LogP contribution in [-0.4, -0.2) is 16.9 Å². The van der Waals surface area contributed by atoms with Crippen LogP contribution in [0.25, 0.3) is 0 Å². The van der Waals surface area contributed by atoms with Crippen LogP contribution in [0.5, 0.6) is 0 Å². The number of carboxylic acids is 1. The zero-order valence-corrected chi connectivity index (χ0v) is 14.4. The van der Waals surface area contributed by atoms with Crippen molar-refractivity contribution in [3.05, 3.63) is 12.7 Å². The smallest absolute Gasteiger partial charge is 0.303 e. The van der Waals surface area contributed by atoms with Crippen LogP contribution < -0.4 is 0 Å². The maximum Gasteiger partial charge on any atom is 0.303 e. The highest BCUT2D eigenvalue weighted by atomic mass is 16.4. The molecule has 2 rings (SSSR count). The van der Waals surface area contributed by atoms with Crippen molar-refractivity contribution in [2.45, 2.75) is 66.2 Å². The SMILES string of the molecule is C=C[C@@]1(C)CC[C@]2(C)[C@@H](CC[C@](C)(C(C)=O)[C@@H]2CC(=O)O)C1. The molecular formula is C19H30O3. The van der Waals surface area contributed by atoms with E-state index < -0.39 is 11.4 Å². The van der Waals surface area contributed by atoms with Crippen LogP contribution in [0, 0.1) is 28.1 Å². The first kappa shape index (κ1) is 17.2. The molecule has 0 radical (unpaired) electrons. The highest BCUT2D eigenvalue weighted by Gasteiger charge is 2.58. The molecule has 0 bridgehead atoms. The molecule has 0 spiro atoms. The molecule has 5 atom stereocenters. The lowest BCUT2D eigenvalue weighted by Gasteiger charge is -2.59. The number of carboxylic acid groups (broad SMARTS) is 1. The Morgan fingerprint density at radius 3 is 2.36 bits per heavy atom. The minimum atomic E-state index is -0.781. The molecule has 0 aromatic carbocycles. The summed E-state index contributed by atoms with van der Waals surface area (Å²) in [4.78, 5) is 23.8. The van der Waals surface area contributed by atoms with Crippen LogP contribution in [-0.2, 0) is 9.59 Å². The first-order valence-electron chi connectivity index (χ1n) is 8.44. The quantitative estimate of drug-likeness (QED) is 0.780. The van der Waals surface area contributed by atoms with Gasteiger partial charge in [-0.15, -0.1) is 6.58 Å². The van der Waals surface area contributed by atoms with E-state index in [0.717, 1.165) is 32.1 Å². The monoisotopic (exact) mass is 306 g/mol. The molecule has 0 aromatic heterocycles. The zero-order chi connectivity index (χ0) is 16.8. The van der Waals surface area contributed by atoms with Gasteiger partial charge < -0.3 is 5.11 Å². The molecular weight excluding hydrogens is 276 g/mol. The zero-order valence-electron chi connectivity index (χ0n) is 14.4. The Morgan fingerprint density at radius 2 is 1.86 bits per heavy atom. The standard InChI is InChI=1S/C19H30O3/c1-6-17(3)9-10-19(5)14(12-17)7-8-18(4,13(2)20)15(19)11-16(21)22/h6,14-15H,1,7-12H2,2-5H3,(H,21,22)/t14-,15-,17-,18+,19+/m0/s1. The molecule has 0 saturated heterocycles. The summed E-state index contributed by atoms with van der Waals surface area (Å²) >= 11 is 0. The van der Waals surface area contributed by atoms with Gasteiger partial charge >= 0.3 is 5.97 Å². The van der Waals surface area contributed by atoms with Gasteiger partial charge in [0.2, 0.25) is 0 Å². The van der Waals surface area contributed by atoms with Gasteiger partial charge in [0, 0.05) is 11.8 Å². The molecule has 2 aliphatic carbocycles. The second kappa shape index (κ2) is 5.50. The maximum atomic E-state index is 12.3. The van der Waals surface area contributed by atoms with Crippen molar-refractivity contribution in [2.75, 3.05) is 0 Å². The first-order valence-corrected chi connectivity index (χ1v) is 8.44. The molecule has 1 N–H and O–H groups in total. The average molecular weight is 306 g/mol. The molecule has 3 heteroatoms. The van der Waals surface area contributed by atoms with Crippen molar-refractivity contribution in [1.29, 1.82) is 0 Å². The fourth-order valence-electron chi connectivity index (χ4n) is 5.16. The maximum absolute atomic E-state index is 12.3. The number of carbonyl (C=O) groups is 2. The molecule has 0 amide bonds. The number of rotatable bonds is 4. The molecule has 2 fully saturated rings. The average Bonchev–Trinajstić information content (AvgIpc) is 2.44. The summed E-state index contributed by atoms with van der Waals surface area (Å²) in [6, 6.07) is 0. The lowest BCUT2D eigenvalue weighted by atomic mass is 9.44. The Labute approximate surface area is 134 Å². The van der Waals surface area contributed by atoms with Crippen molar-refractivity contribution in [3.8, 4) is 0 Å². The molecule has 2 aliphatic rings. The lowest BCUT2D eigenvalue weighted by molar-refractivity contribution is -0.157. The molecule has 3 nitrogen and oxygen atoms in total. The van der Waals surface area contributed by atoms with Crippen LogP contribution in [0.15, 0.2) is 12.7 Å². The summed E-state index contributed by atoms with van der Waals surface area (Å²) in [5.74, 6) is -0.212. The summed E-state index contributed by atoms with van der Waals surface area (Å²) in [5.41, 5.74) is -0.396. The van der Waals surface area contributed by atoms with Crippen molar-refractivity contribution in [3.63, 3.8) is 0 Å². The largest absolute Gasteiger partial charge is 0.481 e. The van der Waals surface area contributed by atoms with Crippen molar-refractivity contribution in [1.82, 2.24) is 0 Å². The third-order valence-corrected chi connectivity index (χ3v) is 7.13.